The summed E-state index contributed by atoms with van der Waals surface area (Å²) in [7, 11) is -3.97. The molecule has 2 amide bonds. The lowest BCUT2D eigenvalue weighted by molar-refractivity contribution is -0.384. The molecule has 0 unspecified atom stereocenters. The Morgan fingerprint density at radius 2 is 1.74 bits per heavy atom. The van der Waals surface area contributed by atoms with Gasteiger partial charge in [0.2, 0.25) is 21.8 Å². The van der Waals surface area contributed by atoms with Crippen molar-refractivity contribution in [2.24, 2.45) is 0 Å². The van der Waals surface area contributed by atoms with Crippen molar-refractivity contribution in [2.45, 2.75) is 46.3 Å². The summed E-state index contributed by atoms with van der Waals surface area (Å²) in [6.07, 6.45) is 0.916. The molecule has 2 aromatic carbocycles. The molecule has 0 fully saturated rings. The van der Waals surface area contributed by atoms with Crippen molar-refractivity contribution in [3.8, 4) is 0 Å². The lowest BCUT2D eigenvalue weighted by Gasteiger charge is -2.32. The number of rotatable bonds is 10. The topological polar surface area (TPSA) is 130 Å². The third-order valence-corrected chi connectivity index (χ3v) is 6.35. The fourth-order valence-corrected chi connectivity index (χ4v) is 4.18. The van der Waals surface area contributed by atoms with Gasteiger partial charge in [0, 0.05) is 24.7 Å². The number of non-ortho nitro benzene ring substituents is 1. The van der Waals surface area contributed by atoms with Gasteiger partial charge in [-0.05, 0) is 44.9 Å². The molecule has 0 aromatic heterocycles. The van der Waals surface area contributed by atoms with Crippen LogP contribution in [0, 0.1) is 17.0 Å². The fourth-order valence-electron chi connectivity index (χ4n) is 3.33. The second-order valence-corrected chi connectivity index (χ2v) is 10.2. The molecule has 1 N–H and O–H groups in total. The van der Waals surface area contributed by atoms with Crippen LogP contribution in [-0.2, 0) is 26.2 Å². The van der Waals surface area contributed by atoms with Crippen LogP contribution >= 0.6 is 0 Å². The van der Waals surface area contributed by atoms with E-state index in [1.54, 1.807) is 20.8 Å². The van der Waals surface area contributed by atoms with Gasteiger partial charge in [-0.3, -0.25) is 24.0 Å². The predicted molar refractivity (Wildman–Crippen MR) is 130 cm³/mol. The van der Waals surface area contributed by atoms with E-state index in [0.717, 1.165) is 27.8 Å². The molecule has 2 rings (SSSR count). The third kappa shape index (κ3) is 7.01. The van der Waals surface area contributed by atoms with Gasteiger partial charge in [-0.15, -0.1) is 0 Å². The lowest BCUT2D eigenvalue weighted by Crippen LogP contribution is -2.52. The number of anilines is 1. The monoisotopic (exact) mass is 490 g/mol. The molecule has 0 radical (unpaired) electrons. The Morgan fingerprint density at radius 3 is 2.29 bits per heavy atom. The first-order chi connectivity index (χ1) is 15.8. The summed E-state index contributed by atoms with van der Waals surface area (Å²) in [6, 6.07) is 11.4. The van der Waals surface area contributed by atoms with Crippen molar-refractivity contribution in [3.05, 3.63) is 69.8 Å². The Labute approximate surface area is 199 Å². The minimum Gasteiger partial charge on any atom is -0.352 e. The van der Waals surface area contributed by atoms with Gasteiger partial charge in [0.05, 0.1) is 16.9 Å². The molecular formula is C23H30N4O6S. The van der Waals surface area contributed by atoms with Gasteiger partial charge >= 0.3 is 0 Å². The molecule has 10 nitrogen and oxygen atoms in total. The average molecular weight is 491 g/mol. The first-order valence-electron chi connectivity index (χ1n) is 10.7. The van der Waals surface area contributed by atoms with Crippen molar-refractivity contribution in [2.75, 3.05) is 17.1 Å². The maximum atomic E-state index is 13.4. The predicted octanol–water partition coefficient (Wildman–Crippen LogP) is 2.61. The van der Waals surface area contributed by atoms with E-state index in [9.17, 15) is 28.1 Å². The van der Waals surface area contributed by atoms with Crippen molar-refractivity contribution in [1.29, 1.82) is 0 Å². The minimum atomic E-state index is -3.97. The molecule has 11 heteroatoms. The highest BCUT2D eigenvalue weighted by atomic mass is 32.2. The maximum absolute atomic E-state index is 13.4. The summed E-state index contributed by atoms with van der Waals surface area (Å²) < 4.78 is 25.9. The number of amides is 2. The van der Waals surface area contributed by atoms with Gasteiger partial charge in [0.15, 0.2) is 0 Å². The van der Waals surface area contributed by atoms with Crippen LogP contribution in [0.15, 0.2) is 48.5 Å². The summed E-state index contributed by atoms with van der Waals surface area (Å²) in [6.45, 7) is 6.52. The van der Waals surface area contributed by atoms with Crippen LogP contribution in [0.1, 0.15) is 31.9 Å². The number of hydrogen-bond donors (Lipinski definition) is 1. The van der Waals surface area contributed by atoms with E-state index in [2.05, 4.69) is 5.32 Å². The van der Waals surface area contributed by atoms with E-state index >= 15 is 0 Å². The number of aryl methyl sites for hydroxylation is 1. The highest BCUT2D eigenvalue weighted by Crippen LogP contribution is 2.24. The number of nitro benzene ring substituents is 1. The standard InChI is InChI=1S/C23H30N4O6S/c1-16(2)24-23(29)18(4)25(14-19-10-7-6-9-17(19)3)22(28)15-26(34(5,32)33)20-11-8-12-21(13-20)27(30)31/h6-13,16,18H,14-15H2,1-5H3,(H,24,29)/t18-/m0/s1. The number of nitro groups is 1. The Balaban J connectivity index is 2.44. The van der Waals surface area contributed by atoms with Crippen LogP contribution in [-0.4, -0.2) is 54.9 Å². The number of carbonyl (C=O) groups excluding carboxylic acids is 2. The molecule has 0 aliphatic carbocycles. The Hall–Kier alpha value is -3.47. The first-order valence-corrected chi connectivity index (χ1v) is 12.5. The van der Waals surface area contributed by atoms with E-state index in [-0.39, 0.29) is 29.9 Å². The molecule has 0 saturated carbocycles. The van der Waals surface area contributed by atoms with Crippen LogP contribution < -0.4 is 9.62 Å². The van der Waals surface area contributed by atoms with Crippen LogP contribution in [0.2, 0.25) is 0 Å². The molecule has 34 heavy (non-hydrogen) atoms. The number of nitrogens with zero attached hydrogens (tertiary/aromatic N) is 3. The number of carbonyl (C=O) groups is 2. The number of nitrogens with one attached hydrogen (secondary N) is 1. The molecule has 184 valence electrons. The molecule has 2 aromatic rings. The SMILES string of the molecule is Cc1ccccc1CN(C(=O)CN(c1cccc([N+](=O)[O-])c1)S(C)(=O)=O)[C@@H](C)C(=O)NC(C)C. The van der Waals surface area contributed by atoms with Crippen LogP contribution in [0.5, 0.6) is 0 Å². The van der Waals surface area contributed by atoms with E-state index in [0.29, 0.717) is 0 Å². The zero-order chi connectivity index (χ0) is 25.6. The highest BCUT2D eigenvalue weighted by molar-refractivity contribution is 7.92. The van der Waals surface area contributed by atoms with Gasteiger partial charge in [0.1, 0.15) is 12.6 Å². The summed E-state index contributed by atoms with van der Waals surface area (Å²) >= 11 is 0. The second kappa shape index (κ2) is 11.1. The quantitative estimate of drug-likeness (QED) is 0.402. The van der Waals surface area contributed by atoms with E-state index < -0.39 is 33.4 Å². The molecule has 0 heterocycles. The van der Waals surface area contributed by atoms with Crippen LogP contribution in [0.25, 0.3) is 0 Å². The Morgan fingerprint density at radius 1 is 1.09 bits per heavy atom. The van der Waals surface area contributed by atoms with Crippen LogP contribution in [0.4, 0.5) is 11.4 Å². The van der Waals surface area contributed by atoms with Gasteiger partial charge in [-0.25, -0.2) is 8.42 Å². The zero-order valence-corrected chi connectivity index (χ0v) is 20.7. The van der Waals surface area contributed by atoms with E-state index in [1.807, 2.05) is 31.2 Å². The molecule has 0 bridgehead atoms. The highest BCUT2D eigenvalue weighted by Gasteiger charge is 2.31. The zero-order valence-electron chi connectivity index (χ0n) is 19.9. The summed E-state index contributed by atoms with van der Waals surface area (Å²) in [5, 5.41) is 13.9. The summed E-state index contributed by atoms with van der Waals surface area (Å²) in [4.78, 5) is 38.0. The first kappa shape index (κ1) is 26.8. The largest absolute Gasteiger partial charge is 0.352 e. The Bertz CT molecular complexity index is 1170. The van der Waals surface area contributed by atoms with Gasteiger partial charge in [-0.1, -0.05) is 30.3 Å². The molecule has 0 aliphatic rings. The number of sulfonamides is 1. The fraction of sp³-hybridized carbons (Fsp3) is 0.391. The van der Waals surface area contributed by atoms with Crippen molar-refractivity contribution in [3.63, 3.8) is 0 Å². The van der Waals surface area contributed by atoms with Crippen molar-refractivity contribution in [1.82, 2.24) is 10.2 Å². The smallest absolute Gasteiger partial charge is 0.271 e. The average Bonchev–Trinajstić information content (AvgIpc) is 2.75. The van der Waals surface area contributed by atoms with Crippen LogP contribution in [0.3, 0.4) is 0 Å². The summed E-state index contributed by atoms with van der Waals surface area (Å²) in [5.41, 5.74) is 1.40. The van der Waals surface area contributed by atoms with Crippen molar-refractivity contribution >= 4 is 33.2 Å². The normalized spacial score (nSPS) is 12.2. The second-order valence-electron chi connectivity index (χ2n) is 8.33. The molecule has 0 spiro atoms. The lowest BCUT2D eigenvalue weighted by atomic mass is 10.1. The number of benzene rings is 2. The molecule has 0 saturated heterocycles. The third-order valence-electron chi connectivity index (χ3n) is 5.21. The van der Waals surface area contributed by atoms with Crippen molar-refractivity contribution < 1.29 is 22.9 Å². The van der Waals surface area contributed by atoms with Gasteiger partial charge in [-0.2, -0.15) is 0 Å². The summed E-state index contributed by atoms with van der Waals surface area (Å²) in [5.74, 6) is -0.996. The maximum Gasteiger partial charge on any atom is 0.271 e. The molecular weight excluding hydrogens is 460 g/mol. The minimum absolute atomic E-state index is 0.0137. The van der Waals surface area contributed by atoms with E-state index in [1.165, 1.54) is 23.1 Å². The van der Waals surface area contributed by atoms with Gasteiger partial charge in [0.25, 0.3) is 5.69 Å². The number of hydrogen-bond acceptors (Lipinski definition) is 6. The molecule has 0 aliphatic heterocycles. The molecule has 1 atom stereocenters. The van der Waals surface area contributed by atoms with E-state index in [4.69, 9.17) is 0 Å². The van der Waals surface area contributed by atoms with Gasteiger partial charge < -0.3 is 10.2 Å². The Kier molecular flexibility index (Phi) is 8.74.